The number of hydrogen-bond donors (Lipinski definition) is 1. The first-order chi connectivity index (χ1) is 10.0. The van der Waals surface area contributed by atoms with Crippen LogP contribution < -0.4 is 10.9 Å². The molecule has 1 amide bonds. The first-order valence-electron chi connectivity index (χ1n) is 6.24. The lowest BCUT2D eigenvalue weighted by atomic mass is 10.2. The molecule has 0 aliphatic rings. The van der Waals surface area contributed by atoms with Crippen molar-refractivity contribution in [3.05, 3.63) is 63.0 Å². The van der Waals surface area contributed by atoms with Crippen LogP contribution in [0.25, 0.3) is 0 Å². The maximum atomic E-state index is 13.6. The summed E-state index contributed by atoms with van der Waals surface area (Å²) in [6.07, 6.45) is 2.86. The Morgan fingerprint density at radius 3 is 2.95 bits per heavy atom. The van der Waals surface area contributed by atoms with E-state index in [2.05, 4.69) is 10.3 Å². The van der Waals surface area contributed by atoms with E-state index in [4.69, 9.17) is 11.6 Å². The molecule has 0 radical (unpaired) electrons. The van der Waals surface area contributed by atoms with E-state index in [1.807, 2.05) is 0 Å². The molecule has 5 nitrogen and oxygen atoms in total. The van der Waals surface area contributed by atoms with E-state index in [0.717, 1.165) is 6.07 Å². The van der Waals surface area contributed by atoms with Gasteiger partial charge in [0.05, 0.1) is 16.9 Å². The van der Waals surface area contributed by atoms with Crippen LogP contribution in [0.1, 0.15) is 15.9 Å². The fourth-order valence-corrected chi connectivity index (χ4v) is 2.06. The van der Waals surface area contributed by atoms with Gasteiger partial charge in [0, 0.05) is 24.8 Å². The highest BCUT2D eigenvalue weighted by Gasteiger charge is 2.15. The van der Waals surface area contributed by atoms with Crippen molar-refractivity contribution < 1.29 is 9.18 Å². The quantitative estimate of drug-likeness (QED) is 0.936. The number of nitrogens with one attached hydrogen (secondary N) is 1. The highest BCUT2D eigenvalue weighted by molar-refractivity contribution is 6.33. The standard InChI is InChI=1S/C14H13ClFN3O2/c1-9-7-17-8-19(14(9)21)6-5-18-13(20)12-10(15)3-2-4-11(12)16/h2-4,7-8H,5-6H2,1H3,(H,18,20). The van der Waals surface area contributed by atoms with Crippen LogP contribution in [0.2, 0.25) is 5.02 Å². The molecule has 0 saturated heterocycles. The Hall–Kier alpha value is -2.21. The summed E-state index contributed by atoms with van der Waals surface area (Å²) in [4.78, 5) is 27.5. The van der Waals surface area contributed by atoms with Crippen molar-refractivity contribution in [1.29, 1.82) is 0 Å². The Balaban J connectivity index is 2.02. The van der Waals surface area contributed by atoms with Gasteiger partial charge in [0.15, 0.2) is 0 Å². The summed E-state index contributed by atoms with van der Waals surface area (Å²) in [6.45, 7) is 2.06. The van der Waals surface area contributed by atoms with E-state index in [1.54, 1.807) is 6.92 Å². The molecule has 0 unspecified atom stereocenters. The maximum absolute atomic E-state index is 13.6. The van der Waals surface area contributed by atoms with Gasteiger partial charge in [0.2, 0.25) is 0 Å². The highest BCUT2D eigenvalue weighted by Crippen LogP contribution is 2.18. The second-order valence-electron chi connectivity index (χ2n) is 4.43. The van der Waals surface area contributed by atoms with Gasteiger partial charge < -0.3 is 5.32 Å². The van der Waals surface area contributed by atoms with Gasteiger partial charge in [-0.25, -0.2) is 9.37 Å². The molecule has 2 rings (SSSR count). The van der Waals surface area contributed by atoms with Gasteiger partial charge in [-0.3, -0.25) is 14.2 Å². The minimum atomic E-state index is -0.686. The van der Waals surface area contributed by atoms with Crippen molar-refractivity contribution in [1.82, 2.24) is 14.9 Å². The molecule has 0 aliphatic heterocycles. The molecule has 1 heterocycles. The fourth-order valence-electron chi connectivity index (χ4n) is 1.81. The summed E-state index contributed by atoms with van der Waals surface area (Å²) in [7, 11) is 0. The number of hydrogen-bond acceptors (Lipinski definition) is 3. The lowest BCUT2D eigenvalue weighted by Crippen LogP contribution is -2.32. The topological polar surface area (TPSA) is 64.0 Å². The normalized spacial score (nSPS) is 10.4. The smallest absolute Gasteiger partial charge is 0.256 e. The van der Waals surface area contributed by atoms with Crippen LogP contribution in [0.5, 0.6) is 0 Å². The molecule has 110 valence electrons. The minimum Gasteiger partial charge on any atom is -0.350 e. The van der Waals surface area contributed by atoms with Gasteiger partial charge in [0.25, 0.3) is 11.5 Å². The van der Waals surface area contributed by atoms with Crippen molar-refractivity contribution in [2.45, 2.75) is 13.5 Å². The highest BCUT2D eigenvalue weighted by atomic mass is 35.5. The molecule has 0 aliphatic carbocycles. The molecule has 1 aromatic carbocycles. The molecular formula is C14H13ClFN3O2. The Morgan fingerprint density at radius 2 is 2.24 bits per heavy atom. The van der Waals surface area contributed by atoms with Crippen LogP contribution >= 0.6 is 11.6 Å². The number of nitrogens with zero attached hydrogens (tertiary/aromatic N) is 2. The van der Waals surface area contributed by atoms with Gasteiger partial charge in [-0.15, -0.1) is 0 Å². The van der Waals surface area contributed by atoms with E-state index >= 15 is 0 Å². The number of amides is 1. The largest absolute Gasteiger partial charge is 0.350 e. The number of halogens is 2. The third kappa shape index (κ3) is 3.46. The van der Waals surface area contributed by atoms with Crippen molar-refractivity contribution in [2.24, 2.45) is 0 Å². The second-order valence-corrected chi connectivity index (χ2v) is 4.83. The summed E-state index contributed by atoms with van der Waals surface area (Å²) in [5.41, 5.74) is 0.137. The predicted molar refractivity (Wildman–Crippen MR) is 77.0 cm³/mol. The summed E-state index contributed by atoms with van der Waals surface area (Å²) >= 11 is 5.80. The Labute approximate surface area is 125 Å². The molecule has 21 heavy (non-hydrogen) atoms. The first kappa shape index (κ1) is 15.2. The zero-order valence-electron chi connectivity index (χ0n) is 11.3. The van der Waals surface area contributed by atoms with Crippen molar-refractivity contribution in [2.75, 3.05) is 6.54 Å². The number of benzene rings is 1. The molecule has 0 saturated carbocycles. The van der Waals surface area contributed by atoms with Gasteiger partial charge in [-0.1, -0.05) is 17.7 Å². The molecule has 0 atom stereocenters. The average Bonchev–Trinajstić information content (AvgIpc) is 2.43. The number of rotatable bonds is 4. The van der Waals surface area contributed by atoms with E-state index < -0.39 is 11.7 Å². The molecule has 1 N–H and O–H groups in total. The maximum Gasteiger partial charge on any atom is 0.256 e. The zero-order valence-corrected chi connectivity index (χ0v) is 12.0. The van der Waals surface area contributed by atoms with Crippen LogP contribution in [-0.4, -0.2) is 22.0 Å². The molecule has 0 bridgehead atoms. The van der Waals surface area contributed by atoms with E-state index in [-0.39, 0.29) is 29.2 Å². The summed E-state index contributed by atoms with van der Waals surface area (Å²) < 4.78 is 14.9. The van der Waals surface area contributed by atoms with Crippen LogP contribution in [0.4, 0.5) is 4.39 Å². The van der Waals surface area contributed by atoms with E-state index in [9.17, 15) is 14.0 Å². The zero-order chi connectivity index (χ0) is 15.4. The summed E-state index contributed by atoms with van der Waals surface area (Å²) in [6, 6.07) is 4.02. The van der Waals surface area contributed by atoms with Crippen LogP contribution in [0.3, 0.4) is 0 Å². The molecule has 0 spiro atoms. The third-order valence-corrected chi connectivity index (χ3v) is 3.22. The number of aromatic nitrogens is 2. The predicted octanol–water partition coefficient (Wildman–Crippen LogP) is 1.77. The average molecular weight is 310 g/mol. The van der Waals surface area contributed by atoms with Crippen molar-refractivity contribution >= 4 is 17.5 Å². The second kappa shape index (κ2) is 6.49. The lowest BCUT2D eigenvalue weighted by molar-refractivity contribution is 0.0948. The Kier molecular flexibility index (Phi) is 4.70. The van der Waals surface area contributed by atoms with Crippen LogP contribution in [0, 0.1) is 12.7 Å². The van der Waals surface area contributed by atoms with Crippen LogP contribution in [-0.2, 0) is 6.54 Å². The number of carbonyl (C=O) groups is 1. The van der Waals surface area contributed by atoms with E-state index in [1.165, 1.54) is 29.2 Å². The molecule has 2 aromatic rings. The molecule has 7 heteroatoms. The number of carbonyl (C=O) groups excluding carboxylic acids is 1. The van der Waals surface area contributed by atoms with Gasteiger partial charge in [-0.2, -0.15) is 0 Å². The van der Waals surface area contributed by atoms with E-state index in [0.29, 0.717) is 5.56 Å². The van der Waals surface area contributed by atoms with Gasteiger partial charge in [-0.05, 0) is 19.1 Å². The number of aryl methyl sites for hydroxylation is 1. The van der Waals surface area contributed by atoms with Crippen molar-refractivity contribution in [3.8, 4) is 0 Å². The Bertz CT molecular complexity index is 710. The fraction of sp³-hybridized carbons (Fsp3) is 0.214. The molecule has 0 fully saturated rings. The minimum absolute atomic E-state index is 0.0434. The first-order valence-corrected chi connectivity index (χ1v) is 6.61. The third-order valence-electron chi connectivity index (χ3n) is 2.90. The summed E-state index contributed by atoms with van der Waals surface area (Å²) in [5.74, 6) is -1.30. The van der Waals surface area contributed by atoms with Crippen LogP contribution in [0.15, 0.2) is 35.5 Å². The van der Waals surface area contributed by atoms with Gasteiger partial charge >= 0.3 is 0 Å². The van der Waals surface area contributed by atoms with Gasteiger partial charge in [0.1, 0.15) is 5.82 Å². The Morgan fingerprint density at radius 1 is 1.48 bits per heavy atom. The van der Waals surface area contributed by atoms with Crippen molar-refractivity contribution in [3.63, 3.8) is 0 Å². The summed E-state index contributed by atoms with van der Waals surface area (Å²) in [5, 5.41) is 2.57. The molecule has 1 aromatic heterocycles. The SMILES string of the molecule is Cc1cncn(CCNC(=O)c2c(F)cccc2Cl)c1=O. The molecular weight excluding hydrogens is 297 g/mol. The monoisotopic (exact) mass is 309 g/mol. The lowest BCUT2D eigenvalue weighted by Gasteiger charge is -2.09.